The van der Waals surface area contributed by atoms with Crippen LogP contribution in [0.25, 0.3) is 0 Å². The molecule has 0 unspecified atom stereocenters. The number of hydrogen-bond acceptors (Lipinski definition) is 5. The number of ether oxygens (including phenoxy) is 1. The number of halogens is 4. The van der Waals surface area contributed by atoms with E-state index in [4.69, 9.17) is 4.74 Å². The van der Waals surface area contributed by atoms with Crippen molar-refractivity contribution in [1.29, 1.82) is 0 Å². The van der Waals surface area contributed by atoms with Crippen molar-refractivity contribution in [3.63, 3.8) is 0 Å². The number of anilines is 1. The maximum Gasteiger partial charge on any atom is 0.416 e. The molecule has 0 aromatic heterocycles. The number of alkyl halides is 3. The van der Waals surface area contributed by atoms with Gasteiger partial charge in [-0.25, -0.2) is 4.39 Å². The number of nitro groups is 1. The molecule has 2 aromatic rings. The van der Waals surface area contributed by atoms with Crippen LogP contribution in [-0.4, -0.2) is 30.5 Å². The predicted octanol–water partition coefficient (Wildman–Crippen LogP) is 3.36. The zero-order valence-corrected chi connectivity index (χ0v) is 14.3. The second-order valence-electron chi connectivity index (χ2n) is 5.51. The molecular formula is C17H15F4N3O4. The lowest BCUT2D eigenvalue weighted by molar-refractivity contribution is -0.384. The summed E-state index contributed by atoms with van der Waals surface area (Å²) in [4.78, 5) is 21.7. The molecule has 0 spiro atoms. The van der Waals surface area contributed by atoms with Gasteiger partial charge in [-0.2, -0.15) is 13.2 Å². The third-order valence-corrected chi connectivity index (χ3v) is 3.47. The molecule has 0 radical (unpaired) electrons. The number of nitro benzene ring substituents is 1. The lowest BCUT2D eigenvalue weighted by Crippen LogP contribution is -2.32. The van der Waals surface area contributed by atoms with Gasteiger partial charge >= 0.3 is 6.18 Å². The summed E-state index contributed by atoms with van der Waals surface area (Å²) in [7, 11) is 0. The number of carbonyl (C=O) groups excluding carboxylic acids is 1. The molecule has 0 aliphatic carbocycles. The summed E-state index contributed by atoms with van der Waals surface area (Å²) in [6.07, 6.45) is -4.69. The minimum atomic E-state index is -4.69. The van der Waals surface area contributed by atoms with Gasteiger partial charge in [-0.3, -0.25) is 14.9 Å². The van der Waals surface area contributed by atoms with Crippen LogP contribution < -0.4 is 15.4 Å². The number of benzene rings is 2. The Morgan fingerprint density at radius 1 is 1.11 bits per heavy atom. The average Bonchev–Trinajstić information content (AvgIpc) is 2.64. The molecule has 7 nitrogen and oxygen atoms in total. The molecule has 1 amide bonds. The first-order valence-electron chi connectivity index (χ1n) is 7.91. The van der Waals surface area contributed by atoms with Gasteiger partial charge in [0.25, 0.3) is 11.6 Å². The van der Waals surface area contributed by atoms with E-state index in [0.717, 1.165) is 12.1 Å². The second-order valence-corrected chi connectivity index (χ2v) is 5.51. The summed E-state index contributed by atoms with van der Waals surface area (Å²) >= 11 is 0. The molecule has 2 aromatic carbocycles. The van der Waals surface area contributed by atoms with E-state index in [1.165, 1.54) is 24.3 Å². The first-order chi connectivity index (χ1) is 13.2. The molecule has 0 fully saturated rings. The van der Waals surface area contributed by atoms with E-state index in [9.17, 15) is 32.5 Å². The molecule has 0 atom stereocenters. The topological polar surface area (TPSA) is 93.5 Å². The molecular weight excluding hydrogens is 386 g/mol. The normalized spacial score (nSPS) is 11.0. The molecule has 0 aliphatic heterocycles. The van der Waals surface area contributed by atoms with Crippen molar-refractivity contribution in [2.24, 2.45) is 0 Å². The smallest absolute Gasteiger partial charge is 0.416 e. The van der Waals surface area contributed by atoms with E-state index in [0.29, 0.717) is 11.8 Å². The minimum absolute atomic E-state index is 0.0362. The van der Waals surface area contributed by atoms with Gasteiger partial charge in [-0.15, -0.1) is 0 Å². The van der Waals surface area contributed by atoms with Crippen molar-refractivity contribution in [1.82, 2.24) is 5.32 Å². The van der Waals surface area contributed by atoms with Gasteiger partial charge in [0.1, 0.15) is 17.3 Å². The summed E-state index contributed by atoms with van der Waals surface area (Å²) < 4.78 is 55.8. The first-order valence-corrected chi connectivity index (χ1v) is 7.91. The van der Waals surface area contributed by atoms with Crippen LogP contribution in [-0.2, 0) is 11.0 Å². The number of nitrogens with one attached hydrogen (secondary N) is 2. The summed E-state index contributed by atoms with van der Waals surface area (Å²) in [5, 5.41) is 16.0. The average molecular weight is 401 g/mol. The number of carbonyl (C=O) groups is 1. The van der Waals surface area contributed by atoms with Crippen molar-refractivity contribution in [2.45, 2.75) is 6.18 Å². The highest BCUT2D eigenvalue weighted by atomic mass is 19.4. The van der Waals surface area contributed by atoms with Crippen LogP contribution in [0.2, 0.25) is 0 Å². The molecule has 150 valence electrons. The van der Waals surface area contributed by atoms with Gasteiger partial charge in [0.05, 0.1) is 10.5 Å². The quantitative estimate of drug-likeness (QED) is 0.306. The summed E-state index contributed by atoms with van der Waals surface area (Å²) in [6.45, 7) is -0.246. The van der Waals surface area contributed by atoms with Crippen LogP contribution in [0.3, 0.4) is 0 Å². The van der Waals surface area contributed by atoms with Crippen LogP contribution >= 0.6 is 0 Å². The van der Waals surface area contributed by atoms with Crippen LogP contribution in [0.15, 0.2) is 42.5 Å². The fraction of sp³-hybridized carbons (Fsp3) is 0.235. The highest BCUT2D eigenvalue weighted by Crippen LogP contribution is 2.34. The van der Waals surface area contributed by atoms with Crippen molar-refractivity contribution < 1.29 is 32.0 Å². The number of amides is 1. The van der Waals surface area contributed by atoms with E-state index in [1.54, 1.807) is 0 Å². The van der Waals surface area contributed by atoms with Crippen molar-refractivity contribution in [2.75, 3.05) is 25.0 Å². The predicted molar refractivity (Wildman–Crippen MR) is 91.5 cm³/mol. The third kappa shape index (κ3) is 6.11. The zero-order valence-electron chi connectivity index (χ0n) is 14.3. The second kappa shape index (κ2) is 9.02. The maximum absolute atomic E-state index is 12.8. The monoisotopic (exact) mass is 401 g/mol. The Kier molecular flexibility index (Phi) is 6.74. The number of rotatable bonds is 8. The van der Waals surface area contributed by atoms with Gasteiger partial charge in [0.15, 0.2) is 6.61 Å². The first kappa shape index (κ1) is 20.9. The molecule has 2 rings (SSSR count). The Morgan fingerprint density at radius 2 is 1.79 bits per heavy atom. The van der Waals surface area contributed by atoms with Gasteiger partial charge < -0.3 is 15.4 Å². The van der Waals surface area contributed by atoms with Crippen LogP contribution in [0.5, 0.6) is 5.75 Å². The Bertz CT molecular complexity index is 841. The molecule has 0 saturated carbocycles. The van der Waals surface area contributed by atoms with Crippen molar-refractivity contribution in [3.8, 4) is 5.75 Å². The SMILES string of the molecule is O=C(COc1ccc(F)cc1)NCCNc1ccc(C(F)(F)F)cc1[N+](=O)[O-]. The lowest BCUT2D eigenvalue weighted by Gasteiger charge is -2.11. The molecule has 28 heavy (non-hydrogen) atoms. The summed E-state index contributed by atoms with van der Waals surface area (Å²) in [5.41, 5.74) is -1.95. The maximum atomic E-state index is 12.8. The zero-order chi connectivity index (χ0) is 20.7. The molecule has 0 bridgehead atoms. The minimum Gasteiger partial charge on any atom is -0.484 e. The standard InChI is InChI=1S/C17H15F4N3O4/c18-12-2-4-13(5-3-12)28-10-16(25)23-8-7-22-14-6-1-11(17(19,20)21)9-15(14)24(26)27/h1-6,9,22H,7-8,10H2,(H,23,25). The highest BCUT2D eigenvalue weighted by molar-refractivity contribution is 5.77. The fourth-order valence-corrected chi connectivity index (χ4v) is 2.14. The summed E-state index contributed by atoms with van der Waals surface area (Å²) in [5.74, 6) is -0.636. The molecule has 0 aliphatic rings. The lowest BCUT2D eigenvalue weighted by atomic mass is 10.1. The van der Waals surface area contributed by atoms with Crippen LogP contribution in [0.1, 0.15) is 5.56 Å². The Labute approximate surface area is 156 Å². The Balaban J connectivity index is 1.81. The largest absolute Gasteiger partial charge is 0.484 e. The van der Waals surface area contributed by atoms with E-state index in [2.05, 4.69) is 10.6 Å². The molecule has 0 saturated heterocycles. The number of hydrogen-bond donors (Lipinski definition) is 2. The van der Waals surface area contributed by atoms with E-state index in [1.807, 2.05) is 0 Å². The van der Waals surface area contributed by atoms with Crippen molar-refractivity contribution in [3.05, 3.63) is 64.0 Å². The van der Waals surface area contributed by atoms with Crippen LogP contribution in [0.4, 0.5) is 28.9 Å². The van der Waals surface area contributed by atoms with Gasteiger partial charge in [-0.05, 0) is 36.4 Å². The van der Waals surface area contributed by atoms with E-state index >= 15 is 0 Å². The van der Waals surface area contributed by atoms with Gasteiger partial charge in [0.2, 0.25) is 0 Å². The third-order valence-electron chi connectivity index (χ3n) is 3.47. The van der Waals surface area contributed by atoms with Gasteiger partial charge in [0, 0.05) is 19.2 Å². The van der Waals surface area contributed by atoms with Crippen molar-refractivity contribution >= 4 is 17.3 Å². The van der Waals surface area contributed by atoms with E-state index in [-0.39, 0.29) is 25.4 Å². The molecule has 2 N–H and O–H groups in total. The molecule has 0 heterocycles. The number of nitrogens with zero attached hydrogens (tertiary/aromatic N) is 1. The summed E-state index contributed by atoms with van der Waals surface area (Å²) in [6, 6.07) is 7.19. The highest BCUT2D eigenvalue weighted by Gasteiger charge is 2.32. The Morgan fingerprint density at radius 3 is 2.39 bits per heavy atom. The molecule has 11 heteroatoms. The fourth-order valence-electron chi connectivity index (χ4n) is 2.14. The van der Waals surface area contributed by atoms with Crippen LogP contribution in [0, 0.1) is 15.9 Å². The Hall–Kier alpha value is -3.37. The van der Waals surface area contributed by atoms with E-state index < -0.39 is 34.1 Å². The van der Waals surface area contributed by atoms with Gasteiger partial charge in [-0.1, -0.05) is 0 Å².